The molecule has 102 valence electrons. The SMILES string of the molecule is CCCC1CN(Cc2ccc3cn[nH]c3c2)CCO1. The largest absolute Gasteiger partial charge is 0.376 e. The second-order valence-electron chi connectivity index (χ2n) is 5.31. The summed E-state index contributed by atoms with van der Waals surface area (Å²) in [6, 6.07) is 6.53. The minimum absolute atomic E-state index is 0.412. The summed E-state index contributed by atoms with van der Waals surface area (Å²) in [7, 11) is 0. The number of nitrogens with one attached hydrogen (secondary N) is 1. The molecule has 2 heterocycles. The smallest absolute Gasteiger partial charge is 0.0702 e. The number of morpholine rings is 1. The quantitative estimate of drug-likeness (QED) is 0.917. The lowest BCUT2D eigenvalue weighted by Gasteiger charge is -2.32. The third kappa shape index (κ3) is 2.96. The Labute approximate surface area is 113 Å². The van der Waals surface area contributed by atoms with Crippen LogP contribution in [0.3, 0.4) is 0 Å². The van der Waals surface area contributed by atoms with Crippen molar-refractivity contribution in [2.45, 2.75) is 32.4 Å². The molecule has 0 amide bonds. The van der Waals surface area contributed by atoms with Crippen LogP contribution in [0.15, 0.2) is 24.4 Å². The fourth-order valence-electron chi connectivity index (χ4n) is 2.76. The molecule has 2 aromatic rings. The fourth-order valence-corrected chi connectivity index (χ4v) is 2.76. The van der Waals surface area contributed by atoms with Crippen LogP contribution >= 0.6 is 0 Å². The molecule has 3 rings (SSSR count). The van der Waals surface area contributed by atoms with Gasteiger partial charge < -0.3 is 4.74 Å². The van der Waals surface area contributed by atoms with Crippen LogP contribution in [0.1, 0.15) is 25.3 Å². The molecule has 0 aliphatic carbocycles. The zero-order valence-corrected chi connectivity index (χ0v) is 11.4. The maximum Gasteiger partial charge on any atom is 0.0702 e. The first-order chi connectivity index (χ1) is 9.35. The highest BCUT2D eigenvalue weighted by molar-refractivity contribution is 5.78. The van der Waals surface area contributed by atoms with Crippen molar-refractivity contribution in [2.24, 2.45) is 0 Å². The first-order valence-electron chi connectivity index (χ1n) is 7.11. The van der Waals surface area contributed by atoms with Gasteiger partial charge in [0, 0.05) is 25.0 Å². The van der Waals surface area contributed by atoms with E-state index in [0.29, 0.717) is 6.10 Å². The van der Waals surface area contributed by atoms with Gasteiger partial charge in [-0.3, -0.25) is 10.00 Å². The molecule has 1 saturated heterocycles. The van der Waals surface area contributed by atoms with E-state index < -0.39 is 0 Å². The molecule has 1 fully saturated rings. The zero-order chi connectivity index (χ0) is 13.1. The average Bonchev–Trinajstić information content (AvgIpc) is 2.87. The van der Waals surface area contributed by atoms with Crippen LogP contribution in [0.25, 0.3) is 10.9 Å². The summed E-state index contributed by atoms with van der Waals surface area (Å²) in [5.41, 5.74) is 2.46. The lowest BCUT2D eigenvalue weighted by atomic mass is 10.1. The van der Waals surface area contributed by atoms with Gasteiger partial charge in [-0.05, 0) is 18.1 Å². The number of aromatic nitrogens is 2. The number of ether oxygens (including phenoxy) is 1. The Morgan fingerprint density at radius 1 is 1.47 bits per heavy atom. The van der Waals surface area contributed by atoms with E-state index in [2.05, 4.69) is 40.2 Å². The molecule has 1 atom stereocenters. The summed E-state index contributed by atoms with van der Waals surface area (Å²) in [5.74, 6) is 0. The number of aromatic amines is 1. The predicted octanol–water partition coefficient (Wildman–Crippen LogP) is 2.56. The van der Waals surface area contributed by atoms with E-state index in [1.165, 1.54) is 17.4 Å². The first-order valence-corrected chi connectivity index (χ1v) is 7.11. The van der Waals surface area contributed by atoms with Crippen LogP contribution in [0.5, 0.6) is 0 Å². The Morgan fingerprint density at radius 3 is 3.32 bits per heavy atom. The molecule has 4 nitrogen and oxygen atoms in total. The highest BCUT2D eigenvalue weighted by atomic mass is 16.5. The Kier molecular flexibility index (Phi) is 3.80. The highest BCUT2D eigenvalue weighted by Gasteiger charge is 2.19. The van der Waals surface area contributed by atoms with E-state index in [4.69, 9.17) is 4.74 Å². The summed E-state index contributed by atoms with van der Waals surface area (Å²) in [4.78, 5) is 2.49. The minimum atomic E-state index is 0.412. The summed E-state index contributed by atoms with van der Waals surface area (Å²) >= 11 is 0. The van der Waals surface area contributed by atoms with E-state index in [0.717, 1.165) is 38.2 Å². The number of hydrogen-bond donors (Lipinski definition) is 1. The van der Waals surface area contributed by atoms with E-state index in [-0.39, 0.29) is 0 Å². The van der Waals surface area contributed by atoms with Gasteiger partial charge in [0.05, 0.1) is 24.4 Å². The topological polar surface area (TPSA) is 41.2 Å². The number of benzene rings is 1. The Balaban J connectivity index is 1.66. The van der Waals surface area contributed by atoms with Gasteiger partial charge in [0.15, 0.2) is 0 Å². The molecule has 4 heteroatoms. The van der Waals surface area contributed by atoms with E-state index in [1.807, 2.05) is 6.20 Å². The van der Waals surface area contributed by atoms with Gasteiger partial charge >= 0.3 is 0 Å². The normalized spacial score (nSPS) is 21.0. The third-order valence-corrected chi connectivity index (χ3v) is 3.75. The van der Waals surface area contributed by atoms with Crippen LogP contribution in [-0.2, 0) is 11.3 Å². The lowest BCUT2D eigenvalue weighted by molar-refractivity contribution is -0.0350. The summed E-state index contributed by atoms with van der Waals surface area (Å²) in [5, 5.41) is 8.28. The second-order valence-corrected chi connectivity index (χ2v) is 5.31. The maximum absolute atomic E-state index is 5.79. The van der Waals surface area contributed by atoms with Gasteiger partial charge in [-0.15, -0.1) is 0 Å². The summed E-state index contributed by atoms with van der Waals surface area (Å²) in [6.07, 6.45) is 4.63. The molecular formula is C15H21N3O. The number of rotatable bonds is 4. The fraction of sp³-hybridized carbons (Fsp3) is 0.533. The van der Waals surface area contributed by atoms with Gasteiger partial charge in [-0.2, -0.15) is 5.10 Å². The minimum Gasteiger partial charge on any atom is -0.376 e. The predicted molar refractivity (Wildman–Crippen MR) is 76.0 cm³/mol. The third-order valence-electron chi connectivity index (χ3n) is 3.75. The van der Waals surface area contributed by atoms with Crippen molar-refractivity contribution in [2.75, 3.05) is 19.7 Å². The van der Waals surface area contributed by atoms with Crippen LogP contribution in [-0.4, -0.2) is 40.9 Å². The summed E-state index contributed by atoms with van der Waals surface area (Å²) in [6.45, 7) is 6.15. The molecule has 1 aliphatic rings. The second kappa shape index (κ2) is 5.72. The highest BCUT2D eigenvalue weighted by Crippen LogP contribution is 2.17. The van der Waals surface area contributed by atoms with Crippen molar-refractivity contribution < 1.29 is 4.74 Å². The van der Waals surface area contributed by atoms with Crippen molar-refractivity contribution in [1.29, 1.82) is 0 Å². The van der Waals surface area contributed by atoms with Crippen LogP contribution in [0.4, 0.5) is 0 Å². The van der Waals surface area contributed by atoms with Gasteiger partial charge in [0.25, 0.3) is 0 Å². The molecular weight excluding hydrogens is 238 g/mol. The van der Waals surface area contributed by atoms with Crippen molar-refractivity contribution in [1.82, 2.24) is 15.1 Å². The molecule has 1 unspecified atom stereocenters. The van der Waals surface area contributed by atoms with Gasteiger partial charge in [0.1, 0.15) is 0 Å². The van der Waals surface area contributed by atoms with Gasteiger partial charge in [0.2, 0.25) is 0 Å². The molecule has 1 aliphatic heterocycles. The molecule has 1 aromatic carbocycles. The number of H-pyrrole nitrogens is 1. The Morgan fingerprint density at radius 2 is 2.42 bits per heavy atom. The van der Waals surface area contributed by atoms with Crippen molar-refractivity contribution in [3.63, 3.8) is 0 Å². The lowest BCUT2D eigenvalue weighted by Crippen LogP contribution is -2.41. The average molecular weight is 259 g/mol. The monoisotopic (exact) mass is 259 g/mol. The van der Waals surface area contributed by atoms with Gasteiger partial charge in [-0.25, -0.2) is 0 Å². The molecule has 19 heavy (non-hydrogen) atoms. The van der Waals surface area contributed by atoms with Crippen LogP contribution < -0.4 is 0 Å². The van der Waals surface area contributed by atoms with Crippen LogP contribution in [0.2, 0.25) is 0 Å². The summed E-state index contributed by atoms with van der Waals surface area (Å²) < 4.78 is 5.79. The standard InChI is InChI=1S/C15H21N3O/c1-2-3-14-11-18(6-7-19-14)10-12-4-5-13-9-16-17-15(13)8-12/h4-5,8-9,14H,2-3,6-7,10-11H2,1H3,(H,16,17). The van der Waals surface area contributed by atoms with E-state index in [1.54, 1.807) is 0 Å². The van der Waals surface area contributed by atoms with E-state index in [9.17, 15) is 0 Å². The number of hydrogen-bond acceptors (Lipinski definition) is 3. The van der Waals surface area contributed by atoms with Crippen molar-refractivity contribution in [3.8, 4) is 0 Å². The van der Waals surface area contributed by atoms with Crippen molar-refractivity contribution >= 4 is 10.9 Å². The number of nitrogens with zero attached hydrogens (tertiary/aromatic N) is 2. The van der Waals surface area contributed by atoms with Crippen LogP contribution in [0, 0.1) is 0 Å². The Hall–Kier alpha value is -1.39. The molecule has 1 N–H and O–H groups in total. The van der Waals surface area contributed by atoms with Gasteiger partial charge in [-0.1, -0.05) is 25.5 Å². The first kappa shape index (κ1) is 12.6. The Bertz CT molecular complexity index is 535. The molecule has 0 spiro atoms. The molecule has 0 radical (unpaired) electrons. The maximum atomic E-state index is 5.79. The number of fused-ring (bicyclic) bond motifs is 1. The molecule has 0 bridgehead atoms. The molecule has 1 aromatic heterocycles. The molecule has 0 saturated carbocycles. The van der Waals surface area contributed by atoms with Crippen molar-refractivity contribution in [3.05, 3.63) is 30.0 Å². The van der Waals surface area contributed by atoms with E-state index >= 15 is 0 Å². The zero-order valence-electron chi connectivity index (χ0n) is 11.4.